The van der Waals surface area contributed by atoms with Crippen LogP contribution in [-0.2, 0) is 11.3 Å². The summed E-state index contributed by atoms with van der Waals surface area (Å²) in [7, 11) is 2.98. The number of nitrogens with one attached hydrogen (secondary N) is 1. The molecule has 1 aromatic heterocycles. The quantitative estimate of drug-likeness (QED) is 0.647. The van der Waals surface area contributed by atoms with E-state index in [2.05, 4.69) is 20.7 Å². The Hall–Kier alpha value is -3.63. The van der Waals surface area contributed by atoms with Gasteiger partial charge in [-0.2, -0.15) is 4.80 Å². The van der Waals surface area contributed by atoms with Gasteiger partial charge in [-0.25, -0.2) is 13.2 Å². The summed E-state index contributed by atoms with van der Waals surface area (Å²) in [6.45, 7) is -0.418. The Morgan fingerprint density at radius 2 is 1.82 bits per heavy atom. The monoisotopic (exact) mass is 393 g/mol. The van der Waals surface area contributed by atoms with E-state index in [1.165, 1.54) is 14.2 Å². The number of hydrogen-bond donors (Lipinski definition) is 1. The molecule has 8 nitrogen and oxygen atoms in total. The van der Waals surface area contributed by atoms with Crippen molar-refractivity contribution in [1.82, 2.24) is 20.2 Å². The van der Waals surface area contributed by atoms with E-state index in [1.807, 2.05) is 0 Å². The van der Waals surface area contributed by atoms with Crippen molar-refractivity contribution in [3.63, 3.8) is 0 Å². The molecule has 0 aliphatic carbocycles. The summed E-state index contributed by atoms with van der Waals surface area (Å²) < 4.78 is 50.1. The third kappa shape index (κ3) is 3.87. The highest BCUT2D eigenvalue weighted by Gasteiger charge is 2.17. The summed E-state index contributed by atoms with van der Waals surface area (Å²) in [4.78, 5) is 13.0. The molecule has 0 aliphatic heterocycles. The van der Waals surface area contributed by atoms with Gasteiger partial charge in [0.25, 0.3) is 0 Å². The molecule has 1 heterocycles. The van der Waals surface area contributed by atoms with Crippen LogP contribution in [0.15, 0.2) is 30.3 Å². The maximum absolute atomic E-state index is 13.6. The van der Waals surface area contributed by atoms with E-state index in [4.69, 9.17) is 9.47 Å². The molecule has 0 fully saturated rings. The topological polar surface area (TPSA) is 91.2 Å². The fourth-order valence-electron chi connectivity index (χ4n) is 2.34. The molecule has 0 atom stereocenters. The summed E-state index contributed by atoms with van der Waals surface area (Å²) in [6, 6.07) is 6.59. The minimum absolute atomic E-state index is 0.216. The molecule has 0 saturated carbocycles. The van der Waals surface area contributed by atoms with Gasteiger partial charge in [0.2, 0.25) is 11.7 Å². The number of tetrazole rings is 1. The zero-order valence-electron chi connectivity index (χ0n) is 14.7. The van der Waals surface area contributed by atoms with Crippen molar-refractivity contribution in [3.8, 4) is 22.9 Å². The van der Waals surface area contributed by atoms with Crippen LogP contribution in [0.3, 0.4) is 0 Å². The third-order valence-electron chi connectivity index (χ3n) is 3.69. The van der Waals surface area contributed by atoms with Crippen molar-refractivity contribution in [2.24, 2.45) is 0 Å². The molecule has 0 unspecified atom stereocenters. The minimum Gasteiger partial charge on any atom is -0.493 e. The van der Waals surface area contributed by atoms with Gasteiger partial charge in [0.15, 0.2) is 29.0 Å². The van der Waals surface area contributed by atoms with Gasteiger partial charge in [-0.15, -0.1) is 10.2 Å². The van der Waals surface area contributed by atoms with E-state index in [1.54, 1.807) is 18.2 Å². The van der Waals surface area contributed by atoms with Gasteiger partial charge in [0.05, 0.1) is 19.9 Å². The Balaban J connectivity index is 1.73. The molecule has 0 aliphatic rings. The molecular weight excluding hydrogens is 379 g/mol. The molecule has 0 bridgehead atoms. The molecule has 0 saturated heterocycles. The van der Waals surface area contributed by atoms with Crippen LogP contribution in [-0.4, -0.2) is 40.3 Å². The first kappa shape index (κ1) is 19.1. The first-order chi connectivity index (χ1) is 13.4. The van der Waals surface area contributed by atoms with Gasteiger partial charge >= 0.3 is 0 Å². The predicted octanol–water partition coefficient (Wildman–Crippen LogP) is 2.41. The zero-order chi connectivity index (χ0) is 20.3. The second-order valence-corrected chi connectivity index (χ2v) is 5.48. The third-order valence-corrected chi connectivity index (χ3v) is 3.69. The number of halogens is 3. The van der Waals surface area contributed by atoms with Crippen molar-refractivity contribution >= 4 is 11.6 Å². The summed E-state index contributed by atoms with van der Waals surface area (Å²) in [5.41, 5.74) is 0.0695. The highest BCUT2D eigenvalue weighted by Crippen LogP contribution is 2.30. The second kappa shape index (κ2) is 7.94. The second-order valence-electron chi connectivity index (χ2n) is 5.48. The van der Waals surface area contributed by atoms with E-state index in [9.17, 15) is 18.0 Å². The Labute approximate surface area is 156 Å². The standard InChI is InChI=1S/C17H14F3N5O3/c1-27-12-6-3-9(7-13(12)28-2)17-22-24-25(23-17)8-14(26)21-11-5-4-10(18)15(19)16(11)20/h3-7H,8H2,1-2H3,(H,21,26). The maximum Gasteiger partial charge on any atom is 0.248 e. The molecule has 11 heteroatoms. The number of anilines is 1. The van der Waals surface area contributed by atoms with Crippen LogP contribution in [0.2, 0.25) is 0 Å². The Morgan fingerprint density at radius 3 is 2.54 bits per heavy atom. The molecule has 0 radical (unpaired) electrons. The first-order valence-electron chi connectivity index (χ1n) is 7.86. The Bertz CT molecular complexity index is 1030. The lowest BCUT2D eigenvalue weighted by Gasteiger charge is -2.07. The Morgan fingerprint density at radius 1 is 1.07 bits per heavy atom. The van der Waals surface area contributed by atoms with Crippen LogP contribution >= 0.6 is 0 Å². The van der Waals surface area contributed by atoms with Crippen LogP contribution < -0.4 is 14.8 Å². The maximum atomic E-state index is 13.6. The van der Waals surface area contributed by atoms with E-state index in [0.717, 1.165) is 10.9 Å². The van der Waals surface area contributed by atoms with Crippen LogP contribution in [0.4, 0.5) is 18.9 Å². The largest absolute Gasteiger partial charge is 0.493 e. The normalized spacial score (nSPS) is 10.6. The molecule has 0 spiro atoms. The van der Waals surface area contributed by atoms with E-state index < -0.39 is 35.6 Å². The zero-order valence-corrected chi connectivity index (χ0v) is 14.7. The fraction of sp³-hybridized carbons (Fsp3) is 0.176. The summed E-state index contributed by atoms with van der Waals surface area (Å²) in [6.07, 6.45) is 0. The average Bonchev–Trinajstić information content (AvgIpc) is 3.16. The van der Waals surface area contributed by atoms with Crippen molar-refractivity contribution < 1.29 is 27.4 Å². The SMILES string of the molecule is COc1ccc(-c2nnn(CC(=O)Nc3ccc(F)c(F)c3F)n2)cc1OC. The van der Waals surface area contributed by atoms with Crippen LogP contribution in [0.1, 0.15) is 0 Å². The molecule has 1 amide bonds. The molecule has 2 aromatic carbocycles. The van der Waals surface area contributed by atoms with Crippen LogP contribution in [0.25, 0.3) is 11.4 Å². The number of amides is 1. The molecule has 146 valence electrons. The summed E-state index contributed by atoms with van der Waals surface area (Å²) >= 11 is 0. The van der Waals surface area contributed by atoms with Crippen molar-refractivity contribution in [2.75, 3.05) is 19.5 Å². The van der Waals surface area contributed by atoms with Gasteiger partial charge in [-0.1, -0.05) is 0 Å². The van der Waals surface area contributed by atoms with Gasteiger partial charge < -0.3 is 14.8 Å². The molecule has 28 heavy (non-hydrogen) atoms. The average molecular weight is 393 g/mol. The highest BCUT2D eigenvalue weighted by molar-refractivity contribution is 5.90. The smallest absolute Gasteiger partial charge is 0.248 e. The van der Waals surface area contributed by atoms with Gasteiger partial charge in [0.1, 0.15) is 6.54 Å². The molecule has 3 aromatic rings. The van der Waals surface area contributed by atoms with E-state index >= 15 is 0 Å². The number of benzene rings is 2. The molecule has 3 rings (SSSR count). The van der Waals surface area contributed by atoms with E-state index in [0.29, 0.717) is 23.1 Å². The predicted molar refractivity (Wildman–Crippen MR) is 91.3 cm³/mol. The lowest BCUT2D eigenvalue weighted by Crippen LogP contribution is -2.21. The van der Waals surface area contributed by atoms with Crippen molar-refractivity contribution in [2.45, 2.75) is 6.54 Å². The fourth-order valence-corrected chi connectivity index (χ4v) is 2.34. The number of methoxy groups -OCH3 is 2. The highest BCUT2D eigenvalue weighted by atomic mass is 19.2. The number of aromatic nitrogens is 4. The molecular formula is C17H14F3N5O3. The lowest BCUT2D eigenvalue weighted by molar-refractivity contribution is -0.117. The van der Waals surface area contributed by atoms with Gasteiger partial charge in [-0.05, 0) is 35.5 Å². The summed E-state index contributed by atoms with van der Waals surface area (Å²) in [5.74, 6) is -4.07. The number of hydrogen-bond acceptors (Lipinski definition) is 6. The number of ether oxygens (including phenoxy) is 2. The first-order valence-corrected chi connectivity index (χ1v) is 7.86. The number of rotatable bonds is 6. The number of nitrogens with zero attached hydrogens (tertiary/aromatic N) is 4. The van der Waals surface area contributed by atoms with Crippen LogP contribution in [0, 0.1) is 17.5 Å². The van der Waals surface area contributed by atoms with E-state index in [-0.39, 0.29) is 5.82 Å². The lowest BCUT2D eigenvalue weighted by atomic mass is 10.2. The molecule has 1 N–H and O–H groups in total. The van der Waals surface area contributed by atoms with Crippen molar-refractivity contribution in [1.29, 1.82) is 0 Å². The van der Waals surface area contributed by atoms with Crippen molar-refractivity contribution in [3.05, 3.63) is 47.8 Å². The van der Waals surface area contributed by atoms with Gasteiger partial charge in [0, 0.05) is 5.56 Å². The van der Waals surface area contributed by atoms with Crippen LogP contribution in [0.5, 0.6) is 11.5 Å². The minimum atomic E-state index is -1.67. The van der Waals surface area contributed by atoms with Gasteiger partial charge in [-0.3, -0.25) is 4.79 Å². The Kier molecular flexibility index (Phi) is 5.43. The number of carbonyl (C=O) groups is 1. The number of carbonyl (C=O) groups excluding carboxylic acids is 1. The summed E-state index contributed by atoms with van der Waals surface area (Å²) in [5, 5.41) is 13.8.